The van der Waals surface area contributed by atoms with Crippen molar-refractivity contribution in [2.45, 2.75) is 96.8 Å². The SMILES string of the molecule is C=C1/C=C/C=C(\[C@H]2CC[C@@]3([C@H](CCCO)/C(=C(\C)C=O)CC[C@@]3(C)O)[C@@H]2O)COCC#CC/C(C)=C/C[C@@H]1NCC. The Morgan fingerprint density at radius 3 is 2.80 bits per heavy atom. The number of allylic oxidation sites excluding steroid dienone is 5. The van der Waals surface area contributed by atoms with Crippen molar-refractivity contribution in [1.82, 2.24) is 5.32 Å². The lowest BCUT2D eigenvalue weighted by molar-refractivity contribution is -0.167. The summed E-state index contributed by atoms with van der Waals surface area (Å²) < 4.78 is 6.01. The summed E-state index contributed by atoms with van der Waals surface area (Å²) in [7, 11) is 0. The maximum atomic E-state index is 12.2. The van der Waals surface area contributed by atoms with Gasteiger partial charge in [-0.15, -0.1) is 0 Å². The first-order valence-electron chi connectivity index (χ1n) is 15.3. The monoisotopic (exact) mass is 565 g/mol. The first-order valence-corrected chi connectivity index (χ1v) is 15.3. The first-order chi connectivity index (χ1) is 19.6. The molecule has 3 aliphatic rings. The third-order valence-corrected chi connectivity index (χ3v) is 9.67. The van der Waals surface area contributed by atoms with E-state index in [2.05, 4.69) is 43.7 Å². The summed E-state index contributed by atoms with van der Waals surface area (Å²) in [6.45, 7) is 13.7. The Kier molecular flexibility index (Phi) is 12.4. The summed E-state index contributed by atoms with van der Waals surface area (Å²) in [4.78, 5) is 11.8. The Balaban J connectivity index is 1.99. The first kappa shape index (κ1) is 33.2. The van der Waals surface area contributed by atoms with Crippen LogP contribution in [0.15, 0.2) is 58.7 Å². The zero-order valence-corrected chi connectivity index (χ0v) is 25.5. The number of carbonyl (C=O) groups excluding carboxylic acids is 1. The molecule has 1 spiro atoms. The largest absolute Gasteiger partial charge is 0.396 e. The van der Waals surface area contributed by atoms with Crippen molar-refractivity contribution in [2.24, 2.45) is 17.3 Å². The van der Waals surface area contributed by atoms with Gasteiger partial charge in [0.2, 0.25) is 0 Å². The molecular weight excluding hydrogens is 514 g/mol. The predicted octanol–water partition coefficient (Wildman–Crippen LogP) is 4.97. The maximum absolute atomic E-state index is 12.2. The number of nitrogens with one attached hydrogen (secondary N) is 1. The Hall–Kier alpha value is -2.27. The van der Waals surface area contributed by atoms with Crippen LogP contribution in [0.5, 0.6) is 0 Å². The highest BCUT2D eigenvalue weighted by atomic mass is 16.5. The Morgan fingerprint density at radius 1 is 1.32 bits per heavy atom. The van der Waals surface area contributed by atoms with Crippen LogP contribution in [0.25, 0.3) is 0 Å². The van der Waals surface area contributed by atoms with Crippen LogP contribution in [0.1, 0.15) is 79.1 Å². The number of ether oxygens (including phenoxy) is 1. The van der Waals surface area contributed by atoms with Gasteiger partial charge in [-0.05, 0) is 94.9 Å². The molecule has 0 bridgehead atoms. The molecule has 0 amide bonds. The molecule has 0 unspecified atom stereocenters. The quantitative estimate of drug-likeness (QED) is 0.151. The predicted molar refractivity (Wildman–Crippen MR) is 165 cm³/mol. The molecule has 3 rings (SSSR count). The second kappa shape index (κ2) is 15.3. The number of aldehydes is 1. The molecule has 0 aromatic carbocycles. The van der Waals surface area contributed by atoms with Crippen molar-refractivity contribution in [2.75, 3.05) is 26.4 Å². The summed E-state index contributed by atoms with van der Waals surface area (Å²) in [5, 5.41) is 37.3. The topological polar surface area (TPSA) is 99.0 Å². The molecule has 0 aromatic rings. The minimum absolute atomic E-state index is 0.0271. The molecule has 4 N–H and O–H groups in total. The van der Waals surface area contributed by atoms with Gasteiger partial charge in [0.25, 0.3) is 0 Å². The van der Waals surface area contributed by atoms with Gasteiger partial charge >= 0.3 is 0 Å². The lowest BCUT2D eigenvalue weighted by Crippen LogP contribution is -2.59. The van der Waals surface area contributed by atoms with Crippen LogP contribution in [0.4, 0.5) is 0 Å². The van der Waals surface area contributed by atoms with Crippen molar-refractivity contribution in [3.05, 3.63) is 58.7 Å². The average molecular weight is 566 g/mol. The molecule has 1 heterocycles. The number of likely N-dealkylation sites (N-methyl/N-ethyl adjacent to an activating group) is 1. The third-order valence-electron chi connectivity index (χ3n) is 9.67. The van der Waals surface area contributed by atoms with Gasteiger partial charge < -0.3 is 25.4 Å². The fraction of sp³-hybridized carbons (Fsp3) is 0.629. The highest BCUT2D eigenvalue weighted by Crippen LogP contribution is 2.62. The van der Waals surface area contributed by atoms with E-state index in [4.69, 9.17) is 4.74 Å². The van der Waals surface area contributed by atoms with E-state index >= 15 is 0 Å². The molecule has 226 valence electrons. The van der Waals surface area contributed by atoms with Crippen LogP contribution in [0.2, 0.25) is 0 Å². The average Bonchev–Trinajstić information content (AvgIpc) is 3.29. The fourth-order valence-electron chi connectivity index (χ4n) is 7.33. The summed E-state index contributed by atoms with van der Waals surface area (Å²) in [6, 6.07) is 0.119. The normalized spacial score (nSPS) is 38.0. The van der Waals surface area contributed by atoms with Crippen molar-refractivity contribution < 1.29 is 24.9 Å². The molecule has 6 heteroatoms. The Bertz CT molecular complexity index is 1120. The molecule has 1 aliphatic heterocycles. The second-order valence-corrected chi connectivity index (χ2v) is 12.2. The van der Waals surface area contributed by atoms with Crippen molar-refractivity contribution in [3.8, 4) is 11.8 Å². The number of rotatable bonds is 7. The highest BCUT2D eigenvalue weighted by molar-refractivity contribution is 5.74. The van der Waals surface area contributed by atoms with E-state index in [9.17, 15) is 20.1 Å². The van der Waals surface area contributed by atoms with Gasteiger partial charge in [0.05, 0.1) is 18.3 Å². The zero-order valence-electron chi connectivity index (χ0n) is 25.5. The van der Waals surface area contributed by atoms with Crippen molar-refractivity contribution in [3.63, 3.8) is 0 Å². The van der Waals surface area contributed by atoms with Crippen LogP contribution < -0.4 is 5.32 Å². The molecular formula is C35H51NO5. The number of hydrogen-bond acceptors (Lipinski definition) is 6. The molecule has 2 fully saturated rings. The lowest BCUT2D eigenvalue weighted by atomic mass is 9.52. The molecule has 2 saturated carbocycles. The van der Waals surface area contributed by atoms with E-state index in [1.165, 1.54) is 5.57 Å². The molecule has 6 nitrogen and oxygen atoms in total. The van der Waals surface area contributed by atoms with E-state index in [-0.39, 0.29) is 24.5 Å². The van der Waals surface area contributed by atoms with E-state index < -0.39 is 17.1 Å². The Labute approximate surface area is 247 Å². The molecule has 0 aromatic heterocycles. The third kappa shape index (κ3) is 7.58. The van der Waals surface area contributed by atoms with Crippen LogP contribution in [-0.4, -0.2) is 65.7 Å². The molecule has 2 aliphatic carbocycles. The summed E-state index contributed by atoms with van der Waals surface area (Å²) in [6.07, 6.45) is 13.4. The van der Waals surface area contributed by atoms with E-state index in [1.807, 2.05) is 32.1 Å². The standard InChI is InChI=1S/C35H51NO5/c1-6-36-32-16-15-25(2)11-7-8-22-41-24-28(13-9-12-26(32)3)30-18-20-35(33(30)39)31(14-10-21-37)29(27(4)23-38)17-19-34(35,5)40/h9,12-13,15,23,30-33,36-37,39-40H,3,6,10-11,14,16-22,24H2,1-2,4-5H3/b12-9+,25-15+,28-13-,29-27+/t30-,31-,32+,33-,34-,35-/m1/s1. The van der Waals surface area contributed by atoms with Gasteiger partial charge in [0.1, 0.15) is 12.9 Å². The minimum atomic E-state index is -1.12. The number of hydrogen-bond donors (Lipinski definition) is 4. The van der Waals surface area contributed by atoms with Crippen LogP contribution in [0.3, 0.4) is 0 Å². The fourth-order valence-corrected chi connectivity index (χ4v) is 7.33. The Morgan fingerprint density at radius 2 is 2.10 bits per heavy atom. The summed E-state index contributed by atoms with van der Waals surface area (Å²) >= 11 is 0. The summed E-state index contributed by atoms with van der Waals surface area (Å²) in [5.41, 5.74) is 2.91. The number of aliphatic hydroxyl groups is 3. The van der Waals surface area contributed by atoms with Crippen LogP contribution in [0, 0.1) is 29.1 Å². The molecule has 0 radical (unpaired) electrons. The maximum Gasteiger partial charge on any atom is 0.145 e. The summed E-state index contributed by atoms with van der Waals surface area (Å²) in [5.74, 6) is 5.91. The van der Waals surface area contributed by atoms with E-state index in [0.29, 0.717) is 63.7 Å². The highest BCUT2D eigenvalue weighted by Gasteiger charge is 2.63. The van der Waals surface area contributed by atoms with Gasteiger partial charge in [-0.25, -0.2) is 0 Å². The van der Waals surface area contributed by atoms with Crippen molar-refractivity contribution >= 4 is 6.29 Å². The smallest absolute Gasteiger partial charge is 0.145 e. The van der Waals surface area contributed by atoms with Gasteiger partial charge in [-0.2, -0.15) is 0 Å². The van der Waals surface area contributed by atoms with Gasteiger partial charge in [-0.1, -0.05) is 60.8 Å². The number of aliphatic hydroxyl groups excluding tert-OH is 2. The van der Waals surface area contributed by atoms with Gasteiger partial charge in [0, 0.05) is 30.4 Å². The van der Waals surface area contributed by atoms with Crippen molar-refractivity contribution in [1.29, 1.82) is 0 Å². The van der Waals surface area contributed by atoms with E-state index in [0.717, 1.165) is 36.0 Å². The molecule has 41 heavy (non-hydrogen) atoms. The zero-order chi connectivity index (χ0) is 30.0. The van der Waals surface area contributed by atoms with E-state index in [1.54, 1.807) is 0 Å². The second-order valence-electron chi connectivity index (χ2n) is 12.2. The minimum Gasteiger partial charge on any atom is -0.396 e. The molecule has 6 atom stereocenters. The van der Waals surface area contributed by atoms with Crippen LogP contribution in [-0.2, 0) is 9.53 Å². The van der Waals surface area contributed by atoms with Gasteiger partial charge in [-0.3, -0.25) is 4.79 Å². The van der Waals surface area contributed by atoms with Gasteiger partial charge in [0.15, 0.2) is 0 Å². The van der Waals surface area contributed by atoms with Crippen LogP contribution >= 0.6 is 0 Å². The lowest BCUT2D eigenvalue weighted by Gasteiger charge is -2.55. The molecule has 0 saturated heterocycles. The number of carbonyl (C=O) groups is 1.